The summed E-state index contributed by atoms with van der Waals surface area (Å²) in [5.41, 5.74) is 14.3. The Balaban J connectivity index is 0.932. The quantitative estimate of drug-likeness (QED) is 0.0120. The number of allylic oxidation sites excluding steroid dienone is 3. The molecule has 544 valence electrons. The van der Waals surface area contributed by atoms with Gasteiger partial charge in [-0.05, 0) is 93.9 Å². The first-order valence-electron chi connectivity index (χ1n) is 31.6. The maximum atomic E-state index is 14.0. The van der Waals surface area contributed by atoms with Crippen molar-refractivity contribution < 1.29 is 110 Å². The number of phosphoric ester groups is 1. The molecule has 4 heterocycles. The molecule has 2 aliphatic heterocycles. The van der Waals surface area contributed by atoms with E-state index in [9.17, 15) is 77.5 Å². The summed E-state index contributed by atoms with van der Waals surface area (Å²) in [6.07, 6.45) is 3.44. The van der Waals surface area contributed by atoms with Crippen molar-refractivity contribution in [3.8, 4) is 17.6 Å². The van der Waals surface area contributed by atoms with Crippen LogP contribution in [0, 0.1) is 24.7 Å². The number of hydrogen-bond acceptors (Lipinski definition) is 23. The van der Waals surface area contributed by atoms with Gasteiger partial charge in [-0.2, -0.15) is 8.62 Å². The van der Waals surface area contributed by atoms with Crippen LogP contribution in [-0.2, 0) is 78.1 Å². The summed E-state index contributed by atoms with van der Waals surface area (Å²) < 4.78 is 61.1. The molecule has 33 nitrogen and oxygen atoms in total. The van der Waals surface area contributed by atoms with Crippen LogP contribution in [0.25, 0.3) is 11.0 Å². The molecular formula is C62H81N10O23P3S2. The summed E-state index contributed by atoms with van der Waals surface area (Å²) in [4.78, 5) is 141. The van der Waals surface area contributed by atoms with Gasteiger partial charge in [0.2, 0.25) is 23.6 Å². The van der Waals surface area contributed by atoms with Crippen LogP contribution in [0.15, 0.2) is 77.4 Å². The number of nitrogens with one attached hydrogen (secondary N) is 4. The predicted molar refractivity (Wildman–Crippen MR) is 366 cm³/mol. The Kier molecular flexibility index (Phi) is 29.2. The monoisotopic (exact) mass is 1490 g/mol. The van der Waals surface area contributed by atoms with Crippen LogP contribution >= 0.6 is 45.1 Å². The first-order chi connectivity index (χ1) is 47.2. The number of aliphatic imine (C=N–C) groups is 1. The van der Waals surface area contributed by atoms with Crippen molar-refractivity contribution in [1.29, 1.82) is 0 Å². The van der Waals surface area contributed by atoms with Crippen molar-refractivity contribution in [2.24, 2.45) is 10.9 Å². The van der Waals surface area contributed by atoms with Gasteiger partial charge in [0.05, 0.1) is 48.8 Å². The third kappa shape index (κ3) is 23.3. The summed E-state index contributed by atoms with van der Waals surface area (Å²) in [5, 5.41) is 49.2. The van der Waals surface area contributed by atoms with E-state index in [-0.39, 0.29) is 78.8 Å². The van der Waals surface area contributed by atoms with Crippen LogP contribution in [0.2, 0.25) is 0 Å². The number of carboxylic acids is 3. The number of ether oxygens (including phenoxy) is 2. The lowest BCUT2D eigenvalue weighted by Gasteiger charge is -2.38. The van der Waals surface area contributed by atoms with Gasteiger partial charge in [-0.1, -0.05) is 83.2 Å². The van der Waals surface area contributed by atoms with Gasteiger partial charge in [0, 0.05) is 73.5 Å². The molecule has 0 bridgehead atoms. The van der Waals surface area contributed by atoms with E-state index < -0.39 is 115 Å². The number of rotatable bonds is 37. The fraction of sp³-hybridized carbons (Fsp3) is 0.484. The highest BCUT2D eigenvalue weighted by atomic mass is 33.1. The van der Waals surface area contributed by atoms with Crippen molar-refractivity contribution in [3.63, 3.8) is 0 Å². The molecule has 1 saturated heterocycles. The molecule has 4 amide bonds. The minimum absolute atomic E-state index is 0.00858. The number of aliphatic hydroxyl groups excluding tert-OH is 1. The zero-order valence-corrected chi connectivity index (χ0v) is 59.4. The number of benzene rings is 2. The van der Waals surface area contributed by atoms with Gasteiger partial charge in [-0.3, -0.25) is 38.3 Å². The Morgan fingerprint density at radius 1 is 0.860 bits per heavy atom. The largest absolute Gasteiger partial charge is 0.490 e. The van der Waals surface area contributed by atoms with E-state index in [1.165, 1.54) is 43.5 Å². The standard InChI is InChI=1S/C62H81N10O23P3S2/c1-6-13-37-26-48-41(24-35(37)3)57(42-25-36(4)44(64-7-2)27-49(42)92-48)40-16-9-8-14-38(40)31-71(5)21-11-18-52(75)68-43(60(80)69-45(28-54(76)77)61(81)70-46(62(82)83)29-55(78)79)17-12-22-99-100-23-19-51(74)65-20-10-15-39-32-72(59-56(39)58(63)66-34-67-59)53-30-47(73)50(93-53)33-91-97(87,88)95-98(89,90)94-96(84,85)86/h8-9,14,16,24-27,32,34,42-43,45-47,50,53,57,73H,6-7,11-13,17-23,28-31,33H2,1-5H3,(H,65,74)(H,68,75)(H,69,80)(H,70,81)(H,76,77)(H,78,79)(H,82,83)(H,87,88)(H,89,90)(H2,63,66,67)(H2,84,85,86)/t42?,43?,45?,46?,47?,50-,53-,57?/m1/s1. The molecule has 100 heavy (non-hydrogen) atoms. The lowest BCUT2D eigenvalue weighted by molar-refractivity contribution is -0.148. The minimum Gasteiger partial charge on any atom is -0.481 e. The number of aliphatic hydroxyl groups is 1. The fourth-order valence-corrected chi connectivity index (χ4v) is 16.5. The smallest absolute Gasteiger partial charge is 0.481 e. The number of nitrogens with two attached hydrogens (primary N) is 1. The van der Waals surface area contributed by atoms with Crippen LogP contribution in [-0.4, -0.2) is 182 Å². The van der Waals surface area contributed by atoms with Crippen LogP contribution < -0.4 is 31.7 Å². The van der Waals surface area contributed by atoms with Crippen LogP contribution in [0.5, 0.6) is 5.75 Å². The second-order valence-corrected chi connectivity index (χ2v) is 30.7. The molecule has 2 aromatic carbocycles. The van der Waals surface area contributed by atoms with Gasteiger partial charge in [-0.15, -0.1) is 0 Å². The molecule has 10 atom stereocenters. The Labute approximate surface area is 582 Å². The molecule has 0 radical (unpaired) electrons. The number of nitrogen functional groups attached to an aromatic ring is 1. The minimum atomic E-state index is -5.81. The third-order valence-corrected chi connectivity index (χ3v) is 22.2. The lowest BCUT2D eigenvalue weighted by Crippen LogP contribution is -2.56. The Bertz CT molecular complexity index is 4010. The highest BCUT2D eigenvalue weighted by molar-refractivity contribution is 8.76. The number of anilines is 1. The van der Waals surface area contributed by atoms with Gasteiger partial charge in [0.15, 0.2) is 0 Å². The van der Waals surface area contributed by atoms with Crippen LogP contribution in [0.4, 0.5) is 5.82 Å². The Morgan fingerprint density at radius 3 is 2.26 bits per heavy atom. The van der Waals surface area contributed by atoms with E-state index in [2.05, 4.69) is 113 Å². The SMILES string of the molecule is CCCc1cc2c(cc1C)C(c1ccccc1CN(C)CCCC(=O)NC(CCCSSCCC(=O)NCC#Cc1cn([C@H]3CC(O)[C@@H](COP(=O)(O)OP(=O)(O)OP(=O)(O)O)O3)c3ncnc(N)c13)C(=O)NC(CC(=O)O)C(=O)NC(CC(=O)O)C(=O)O)C1C=C(C)C(=NCC)C=C1O2. The molecule has 1 aliphatic carbocycles. The topological polar surface area (TPSA) is 499 Å². The molecule has 0 saturated carbocycles. The van der Waals surface area contributed by atoms with E-state index in [1.54, 1.807) is 0 Å². The molecule has 14 N–H and O–H groups in total. The summed E-state index contributed by atoms with van der Waals surface area (Å²) >= 11 is 0. The van der Waals surface area contributed by atoms with Crippen molar-refractivity contribution in [1.82, 2.24) is 40.7 Å². The molecule has 8 unspecified atom stereocenters. The van der Waals surface area contributed by atoms with E-state index in [0.717, 1.165) is 58.7 Å². The number of amides is 4. The van der Waals surface area contributed by atoms with E-state index in [0.29, 0.717) is 37.6 Å². The number of phosphoric acid groups is 3. The van der Waals surface area contributed by atoms with Crippen molar-refractivity contribution in [2.75, 3.05) is 50.5 Å². The number of aliphatic carboxylic acids is 3. The average Bonchev–Trinajstić information content (AvgIpc) is 0.807. The molecule has 38 heteroatoms. The maximum absolute atomic E-state index is 14.0. The summed E-state index contributed by atoms with van der Waals surface area (Å²) in [7, 11) is -12.4. The number of fused-ring (bicyclic) bond motifs is 3. The van der Waals surface area contributed by atoms with Gasteiger partial charge in [-0.25, -0.2) is 28.5 Å². The van der Waals surface area contributed by atoms with Crippen LogP contribution in [0.1, 0.15) is 124 Å². The fourth-order valence-electron chi connectivity index (χ4n) is 11.4. The molecular weight excluding hydrogens is 1410 g/mol. The number of carbonyl (C=O) groups excluding carboxylic acids is 4. The van der Waals surface area contributed by atoms with Gasteiger partial charge >= 0.3 is 41.4 Å². The first kappa shape index (κ1) is 80.0. The molecule has 4 aromatic rings. The maximum Gasteiger partial charge on any atom is 0.490 e. The van der Waals surface area contributed by atoms with E-state index in [4.69, 9.17) is 30.0 Å². The number of hydrogen-bond donors (Lipinski definition) is 13. The van der Waals surface area contributed by atoms with Gasteiger partial charge < -0.3 is 85.9 Å². The average molecular weight is 1490 g/mol. The van der Waals surface area contributed by atoms with Gasteiger partial charge in [0.25, 0.3) is 0 Å². The molecule has 2 aromatic heterocycles. The first-order valence-corrected chi connectivity index (χ1v) is 38.6. The summed E-state index contributed by atoms with van der Waals surface area (Å²) in [6, 6.07) is 7.53. The second kappa shape index (κ2) is 36.5. The lowest BCUT2D eigenvalue weighted by atomic mass is 9.73. The third-order valence-electron chi connectivity index (χ3n) is 15.9. The van der Waals surface area contributed by atoms with Crippen molar-refractivity contribution in [2.45, 2.75) is 141 Å². The number of aryl methyl sites for hydroxylation is 2. The number of carboxylic acid groups (broad SMARTS) is 3. The van der Waals surface area contributed by atoms with Crippen molar-refractivity contribution >= 4 is 109 Å². The molecule has 3 aliphatic rings. The Hall–Kier alpha value is -7.35. The molecule has 1 fully saturated rings. The van der Waals surface area contributed by atoms with Crippen molar-refractivity contribution in [3.05, 3.63) is 106 Å². The number of carbonyl (C=O) groups is 7. The number of aromatic nitrogens is 3. The molecule has 0 spiro atoms. The van der Waals surface area contributed by atoms with Gasteiger partial charge in [0.1, 0.15) is 59.8 Å². The summed E-state index contributed by atoms with van der Waals surface area (Å²) in [5.74, 6) is -0.0795. The summed E-state index contributed by atoms with van der Waals surface area (Å²) in [6.45, 7) is 8.89. The highest BCUT2D eigenvalue weighted by Crippen LogP contribution is 2.66. The zero-order valence-electron chi connectivity index (χ0n) is 55.1. The normalized spacial score (nSPS) is 19.8. The zero-order chi connectivity index (χ0) is 73.2. The molecule has 7 rings (SSSR count). The second-order valence-electron chi connectivity index (χ2n) is 23.6. The highest BCUT2D eigenvalue weighted by Gasteiger charge is 2.44. The van der Waals surface area contributed by atoms with Crippen LogP contribution in [0.3, 0.4) is 0 Å². The Morgan fingerprint density at radius 2 is 1.56 bits per heavy atom. The van der Waals surface area contributed by atoms with E-state index in [1.807, 2.05) is 31.4 Å². The number of nitrogens with zero attached hydrogens (tertiary/aromatic N) is 5. The predicted octanol–water partition coefficient (Wildman–Crippen LogP) is 5.13. The van der Waals surface area contributed by atoms with E-state index >= 15 is 0 Å².